The first-order chi connectivity index (χ1) is 8.08. The number of hydrogen-bond donors (Lipinski definition) is 2. The number of pyridine rings is 1. The highest BCUT2D eigenvalue weighted by atomic mass is 16.5. The Morgan fingerprint density at radius 1 is 1.59 bits per heavy atom. The van der Waals surface area contributed by atoms with E-state index in [2.05, 4.69) is 15.0 Å². The van der Waals surface area contributed by atoms with Crippen LogP contribution >= 0.6 is 0 Å². The summed E-state index contributed by atoms with van der Waals surface area (Å²) in [5.41, 5.74) is 6.31. The predicted molar refractivity (Wildman–Crippen MR) is 64.9 cm³/mol. The van der Waals surface area contributed by atoms with Crippen LogP contribution < -0.4 is 11.1 Å². The number of nitrogen functional groups attached to an aromatic ring is 1. The third-order valence-electron chi connectivity index (χ3n) is 2.27. The fourth-order valence-electron chi connectivity index (χ4n) is 1.21. The van der Waals surface area contributed by atoms with Gasteiger partial charge in [0, 0.05) is 13.7 Å². The fourth-order valence-corrected chi connectivity index (χ4v) is 1.21. The second-order valence-electron chi connectivity index (χ2n) is 3.58. The van der Waals surface area contributed by atoms with Crippen LogP contribution in [0.15, 0.2) is 12.3 Å². The predicted octanol–water partition coefficient (Wildman–Crippen LogP) is 0.897. The molecule has 1 unspecified atom stereocenters. The minimum Gasteiger partial charge on any atom is -0.465 e. The zero-order valence-electron chi connectivity index (χ0n) is 10.2. The van der Waals surface area contributed by atoms with Gasteiger partial charge in [-0.05, 0) is 13.0 Å². The van der Waals surface area contributed by atoms with Crippen LogP contribution in [-0.2, 0) is 9.47 Å². The molecule has 1 aromatic heterocycles. The van der Waals surface area contributed by atoms with E-state index in [1.807, 2.05) is 6.92 Å². The van der Waals surface area contributed by atoms with E-state index in [0.29, 0.717) is 23.6 Å². The minimum absolute atomic E-state index is 0.0137. The Labute approximate surface area is 100 Å². The molecule has 6 heteroatoms. The van der Waals surface area contributed by atoms with Crippen LogP contribution in [-0.4, -0.2) is 37.8 Å². The smallest absolute Gasteiger partial charge is 0.341 e. The van der Waals surface area contributed by atoms with Crippen LogP contribution in [0.25, 0.3) is 0 Å². The van der Waals surface area contributed by atoms with Crippen molar-refractivity contribution < 1.29 is 14.3 Å². The molecule has 1 rings (SSSR count). The van der Waals surface area contributed by atoms with Crippen molar-refractivity contribution in [1.82, 2.24) is 4.98 Å². The van der Waals surface area contributed by atoms with Crippen molar-refractivity contribution in [2.24, 2.45) is 0 Å². The highest BCUT2D eigenvalue weighted by Crippen LogP contribution is 2.16. The molecule has 94 valence electrons. The van der Waals surface area contributed by atoms with E-state index in [9.17, 15) is 4.79 Å². The third-order valence-corrected chi connectivity index (χ3v) is 2.27. The first-order valence-electron chi connectivity index (χ1n) is 5.19. The van der Waals surface area contributed by atoms with Crippen molar-refractivity contribution in [3.8, 4) is 0 Å². The van der Waals surface area contributed by atoms with Gasteiger partial charge in [0.05, 0.1) is 25.1 Å². The third kappa shape index (κ3) is 3.60. The number of rotatable bonds is 5. The molecular weight excluding hydrogens is 222 g/mol. The molecule has 1 heterocycles. The summed E-state index contributed by atoms with van der Waals surface area (Å²) in [4.78, 5) is 15.6. The summed E-state index contributed by atoms with van der Waals surface area (Å²) < 4.78 is 9.75. The van der Waals surface area contributed by atoms with Gasteiger partial charge < -0.3 is 20.5 Å². The Hall–Kier alpha value is -1.82. The summed E-state index contributed by atoms with van der Waals surface area (Å²) in [6, 6.07) is 1.53. The molecule has 0 spiro atoms. The first kappa shape index (κ1) is 13.2. The van der Waals surface area contributed by atoms with Gasteiger partial charge in [0.25, 0.3) is 0 Å². The van der Waals surface area contributed by atoms with Crippen molar-refractivity contribution in [3.05, 3.63) is 17.8 Å². The number of carbonyl (C=O) groups is 1. The Morgan fingerprint density at radius 2 is 2.29 bits per heavy atom. The van der Waals surface area contributed by atoms with Crippen molar-refractivity contribution in [2.45, 2.75) is 13.0 Å². The van der Waals surface area contributed by atoms with Gasteiger partial charge >= 0.3 is 5.97 Å². The topological polar surface area (TPSA) is 86.5 Å². The maximum Gasteiger partial charge on any atom is 0.341 e. The number of esters is 1. The van der Waals surface area contributed by atoms with E-state index in [0.717, 1.165) is 0 Å². The summed E-state index contributed by atoms with van der Waals surface area (Å²) in [7, 11) is 2.93. The Balaban J connectivity index is 2.86. The molecule has 0 saturated carbocycles. The van der Waals surface area contributed by atoms with Gasteiger partial charge in [-0.1, -0.05) is 0 Å². The molecule has 0 saturated heterocycles. The van der Waals surface area contributed by atoms with Crippen LogP contribution in [0.2, 0.25) is 0 Å². The van der Waals surface area contributed by atoms with Gasteiger partial charge in [-0.2, -0.15) is 0 Å². The van der Waals surface area contributed by atoms with Crippen LogP contribution in [0.1, 0.15) is 17.3 Å². The lowest BCUT2D eigenvalue weighted by molar-refractivity contribution is 0.0601. The van der Waals surface area contributed by atoms with Crippen LogP contribution in [0.4, 0.5) is 11.5 Å². The Bertz CT molecular complexity index is 396. The second-order valence-corrected chi connectivity index (χ2v) is 3.58. The van der Waals surface area contributed by atoms with Crippen molar-refractivity contribution in [1.29, 1.82) is 0 Å². The number of ether oxygens (including phenoxy) is 2. The molecule has 0 aromatic carbocycles. The van der Waals surface area contributed by atoms with Gasteiger partial charge in [0.1, 0.15) is 11.4 Å². The molecule has 0 aliphatic carbocycles. The SMILES string of the molecule is COC(=O)c1cc(N)cnc1NCC(C)OC. The number of aromatic nitrogens is 1. The van der Waals surface area contributed by atoms with E-state index in [-0.39, 0.29) is 6.10 Å². The molecule has 6 nitrogen and oxygen atoms in total. The standard InChI is InChI=1S/C11H17N3O3/c1-7(16-2)5-13-10-9(11(15)17-3)4-8(12)6-14-10/h4,6-7H,5,12H2,1-3H3,(H,13,14). The van der Waals surface area contributed by atoms with Gasteiger partial charge in [-0.15, -0.1) is 0 Å². The molecule has 0 aliphatic rings. The Morgan fingerprint density at radius 3 is 2.88 bits per heavy atom. The lowest BCUT2D eigenvalue weighted by Crippen LogP contribution is -2.20. The normalized spacial score (nSPS) is 11.9. The largest absolute Gasteiger partial charge is 0.465 e. The second kappa shape index (κ2) is 6.05. The highest BCUT2D eigenvalue weighted by molar-refractivity contribution is 5.95. The van der Waals surface area contributed by atoms with E-state index in [1.165, 1.54) is 19.4 Å². The summed E-state index contributed by atoms with van der Waals surface area (Å²) in [6.07, 6.45) is 1.49. The van der Waals surface area contributed by atoms with Gasteiger partial charge in [0.15, 0.2) is 0 Å². The van der Waals surface area contributed by atoms with E-state index in [1.54, 1.807) is 7.11 Å². The zero-order valence-corrected chi connectivity index (χ0v) is 10.2. The van der Waals surface area contributed by atoms with Crippen molar-refractivity contribution in [2.75, 3.05) is 31.8 Å². The first-order valence-corrected chi connectivity index (χ1v) is 5.19. The van der Waals surface area contributed by atoms with Crippen molar-refractivity contribution >= 4 is 17.5 Å². The number of carbonyl (C=O) groups excluding carboxylic acids is 1. The molecule has 0 radical (unpaired) electrons. The quantitative estimate of drug-likeness (QED) is 0.742. The lowest BCUT2D eigenvalue weighted by atomic mass is 10.2. The number of methoxy groups -OCH3 is 2. The summed E-state index contributed by atoms with van der Waals surface area (Å²) in [5, 5.41) is 3.01. The van der Waals surface area contributed by atoms with Crippen LogP contribution in [0.5, 0.6) is 0 Å². The van der Waals surface area contributed by atoms with Gasteiger partial charge in [0.2, 0.25) is 0 Å². The zero-order chi connectivity index (χ0) is 12.8. The maximum atomic E-state index is 11.5. The maximum absolute atomic E-state index is 11.5. The monoisotopic (exact) mass is 239 g/mol. The summed E-state index contributed by atoms with van der Waals surface area (Å²) in [6.45, 7) is 2.44. The highest BCUT2D eigenvalue weighted by Gasteiger charge is 2.14. The fraction of sp³-hybridized carbons (Fsp3) is 0.455. The number of anilines is 2. The van der Waals surface area contributed by atoms with Crippen LogP contribution in [0.3, 0.4) is 0 Å². The molecular formula is C11H17N3O3. The van der Waals surface area contributed by atoms with Gasteiger partial charge in [-0.3, -0.25) is 0 Å². The molecule has 0 fully saturated rings. The average Bonchev–Trinajstić information content (AvgIpc) is 2.35. The lowest BCUT2D eigenvalue weighted by Gasteiger charge is -2.13. The number of nitrogens with two attached hydrogens (primary N) is 1. The molecule has 3 N–H and O–H groups in total. The van der Waals surface area contributed by atoms with Gasteiger partial charge in [-0.25, -0.2) is 9.78 Å². The number of nitrogens with zero attached hydrogens (tertiary/aromatic N) is 1. The average molecular weight is 239 g/mol. The molecule has 0 aliphatic heterocycles. The Kier molecular flexibility index (Phi) is 4.71. The molecule has 1 aromatic rings. The molecule has 0 amide bonds. The van der Waals surface area contributed by atoms with Crippen molar-refractivity contribution in [3.63, 3.8) is 0 Å². The molecule has 1 atom stereocenters. The number of hydrogen-bond acceptors (Lipinski definition) is 6. The summed E-state index contributed by atoms with van der Waals surface area (Å²) in [5.74, 6) is -0.0349. The molecule has 17 heavy (non-hydrogen) atoms. The minimum atomic E-state index is -0.475. The molecule has 0 bridgehead atoms. The van der Waals surface area contributed by atoms with E-state index < -0.39 is 5.97 Å². The number of nitrogens with one attached hydrogen (secondary N) is 1. The van der Waals surface area contributed by atoms with Crippen LogP contribution in [0, 0.1) is 0 Å². The van der Waals surface area contributed by atoms with E-state index in [4.69, 9.17) is 10.5 Å². The summed E-state index contributed by atoms with van der Waals surface area (Å²) >= 11 is 0. The van der Waals surface area contributed by atoms with E-state index >= 15 is 0 Å².